The lowest BCUT2D eigenvalue weighted by molar-refractivity contribution is 0.0938. The van der Waals surface area contributed by atoms with Gasteiger partial charge in [0.2, 0.25) is 0 Å². The van der Waals surface area contributed by atoms with E-state index in [4.69, 9.17) is 16.3 Å². The van der Waals surface area contributed by atoms with Crippen LogP contribution >= 0.6 is 11.6 Å². The maximum Gasteiger partial charge on any atom is 0.255 e. The van der Waals surface area contributed by atoms with Gasteiger partial charge in [-0.15, -0.1) is 0 Å². The highest BCUT2D eigenvalue weighted by atomic mass is 35.5. The van der Waals surface area contributed by atoms with Gasteiger partial charge in [-0.05, 0) is 24.6 Å². The Kier molecular flexibility index (Phi) is 4.92. The molecule has 2 aromatic rings. The molecular weight excluding hydrogens is 328 g/mol. The molecule has 0 bridgehead atoms. The summed E-state index contributed by atoms with van der Waals surface area (Å²) in [5.74, 6) is 0.305. The Morgan fingerprint density at radius 1 is 1.38 bits per heavy atom. The topological polar surface area (TPSA) is 63.5 Å². The molecule has 0 fully saturated rings. The third-order valence-electron chi connectivity index (χ3n) is 4.12. The summed E-state index contributed by atoms with van der Waals surface area (Å²) in [6.07, 6.45) is 8.27. The minimum absolute atomic E-state index is 0.0869. The molecule has 126 valence electrons. The number of hydrogen-bond donors (Lipinski definition) is 2. The van der Waals surface area contributed by atoms with Gasteiger partial charge in [-0.3, -0.25) is 4.79 Å². The molecule has 1 aromatic heterocycles. The molecule has 0 radical (unpaired) electrons. The van der Waals surface area contributed by atoms with Crippen molar-refractivity contribution < 1.29 is 14.6 Å². The van der Waals surface area contributed by atoms with Crippen molar-refractivity contribution in [2.45, 2.75) is 12.5 Å². The van der Waals surface area contributed by atoms with E-state index in [2.05, 4.69) is 5.32 Å². The number of aromatic nitrogens is 1. The summed E-state index contributed by atoms with van der Waals surface area (Å²) in [6.45, 7) is 0.0869. The number of methoxy groups -OCH3 is 1. The lowest BCUT2D eigenvalue weighted by Crippen LogP contribution is -2.33. The SMILES string of the molecule is COc1cc(-n2cccc2)c(Cl)cc1C(=O)N[C@@H]1C=C[C@H](CO)C1. The molecule has 1 aliphatic carbocycles. The third-order valence-corrected chi connectivity index (χ3v) is 4.42. The van der Waals surface area contributed by atoms with Gasteiger partial charge in [-0.25, -0.2) is 0 Å². The first-order valence-electron chi connectivity index (χ1n) is 7.73. The minimum atomic E-state index is -0.249. The van der Waals surface area contributed by atoms with Gasteiger partial charge in [0.1, 0.15) is 5.75 Å². The predicted molar refractivity (Wildman–Crippen MR) is 92.9 cm³/mol. The largest absolute Gasteiger partial charge is 0.496 e. The Hall–Kier alpha value is -2.24. The van der Waals surface area contributed by atoms with E-state index in [0.29, 0.717) is 22.8 Å². The molecule has 2 N–H and O–H groups in total. The fraction of sp³-hybridized carbons (Fsp3) is 0.278. The maximum atomic E-state index is 12.6. The van der Waals surface area contributed by atoms with Crippen molar-refractivity contribution in [3.8, 4) is 11.4 Å². The molecule has 5 nitrogen and oxygen atoms in total. The number of nitrogens with one attached hydrogen (secondary N) is 1. The van der Waals surface area contributed by atoms with Crippen molar-refractivity contribution in [3.63, 3.8) is 0 Å². The van der Waals surface area contributed by atoms with Crippen LogP contribution in [0.25, 0.3) is 5.69 Å². The second-order valence-electron chi connectivity index (χ2n) is 5.74. The Morgan fingerprint density at radius 3 is 2.75 bits per heavy atom. The first-order chi connectivity index (χ1) is 11.6. The number of aliphatic hydroxyl groups is 1. The van der Waals surface area contributed by atoms with E-state index in [1.54, 1.807) is 12.1 Å². The first-order valence-corrected chi connectivity index (χ1v) is 8.11. The highest BCUT2D eigenvalue weighted by Gasteiger charge is 2.23. The smallest absolute Gasteiger partial charge is 0.255 e. The molecule has 1 aliphatic rings. The molecule has 24 heavy (non-hydrogen) atoms. The maximum absolute atomic E-state index is 12.6. The average Bonchev–Trinajstić information content (AvgIpc) is 3.26. The van der Waals surface area contributed by atoms with Gasteiger partial charge in [0.25, 0.3) is 5.91 Å². The molecule has 1 amide bonds. The normalized spacial score (nSPS) is 19.5. The summed E-state index contributed by atoms with van der Waals surface area (Å²) in [4.78, 5) is 12.6. The van der Waals surface area contributed by atoms with E-state index in [-0.39, 0.29) is 24.5 Å². The van der Waals surface area contributed by atoms with Crippen LogP contribution in [0.4, 0.5) is 0 Å². The lowest BCUT2D eigenvalue weighted by Gasteiger charge is -2.16. The van der Waals surface area contributed by atoms with Crippen molar-refractivity contribution in [2.75, 3.05) is 13.7 Å². The monoisotopic (exact) mass is 346 g/mol. The Bertz CT molecular complexity index is 756. The second kappa shape index (κ2) is 7.11. The number of aliphatic hydroxyl groups excluding tert-OH is 1. The third kappa shape index (κ3) is 3.32. The summed E-state index contributed by atoms with van der Waals surface area (Å²) in [5.41, 5.74) is 1.13. The molecule has 6 heteroatoms. The van der Waals surface area contributed by atoms with Gasteiger partial charge >= 0.3 is 0 Å². The lowest BCUT2D eigenvalue weighted by atomic mass is 10.1. The van der Waals surface area contributed by atoms with Crippen molar-refractivity contribution in [1.29, 1.82) is 0 Å². The van der Waals surface area contributed by atoms with E-state index in [1.807, 2.05) is 41.2 Å². The zero-order valence-electron chi connectivity index (χ0n) is 13.3. The second-order valence-corrected chi connectivity index (χ2v) is 6.14. The number of amides is 1. The van der Waals surface area contributed by atoms with Crippen molar-refractivity contribution in [1.82, 2.24) is 9.88 Å². The Balaban J connectivity index is 1.84. The van der Waals surface area contributed by atoms with Crippen LogP contribution in [0, 0.1) is 5.92 Å². The van der Waals surface area contributed by atoms with Crippen LogP contribution in [-0.2, 0) is 0 Å². The summed E-state index contributed by atoms with van der Waals surface area (Å²) in [6, 6.07) is 7.06. The highest BCUT2D eigenvalue weighted by Crippen LogP contribution is 2.30. The number of nitrogens with zero attached hydrogens (tertiary/aromatic N) is 1. The molecule has 0 unspecified atom stereocenters. The van der Waals surface area contributed by atoms with E-state index < -0.39 is 0 Å². The molecule has 1 aromatic carbocycles. The van der Waals surface area contributed by atoms with E-state index in [9.17, 15) is 9.90 Å². The number of carbonyl (C=O) groups is 1. The van der Waals surface area contributed by atoms with Crippen LogP contribution in [0.1, 0.15) is 16.8 Å². The van der Waals surface area contributed by atoms with Gasteiger partial charge < -0.3 is 19.7 Å². The highest BCUT2D eigenvalue weighted by molar-refractivity contribution is 6.33. The van der Waals surface area contributed by atoms with E-state index in [0.717, 1.165) is 5.69 Å². The number of halogens is 1. The number of benzene rings is 1. The van der Waals surface area contributed by atoms with Gasteiger partial charge in [0, 0.05) is 37.0 Å². The molecule has 0 aliphatic heterocycles. The van der Waals surface area contributed by atoms with Gasteiger partial charge in [-0.1, -0.05) is 23.8 Å². The predicted octanol–water partition coefficient (Wildman–Crippen LogP) is 2.81. The van der Waals surface area contributed by atoms with Crippen LogP contribution in [-0.4, -0.2) is 35.3 Å². The van der Waals surface area contributed by atoms with Crippen molar-refractivity contribution >= 4 is 17.5 Å². The Labute approximate surface area is 145 Å². The Morgan fingerprint density at radius 2 is 2.12 bits per heavy atom. The van der Waals surface area contributed by atoms with E-state index in [1.165, 1.54) is 7.11 Å². The molecule has 0 saturated heterocycles. The zero-order chi connectivity index (χ0) is 17.1. The molecule has 0 spiro atoms. The van der Waals surface area contributed by atoms with Crippen molar-refractivity contribution in [2.24, 2.45) is 5.92 Å². The van der Waals surface area contributed by atoms with Crippen molar-refractivity contribution in [3.05, 3.63) is 59.4 Å². The van der Waals surface area contributed by atoms with Crippen LogP contribution in [0.15, 0.2) is 48.8 Å². The minimum Gasteiger partial charge on any atom is -0.496 e. The number of carbonyl (C=O) groups excluding carboxylic acids is 1. The standard InChI is InChI=1S/C18H19ClN2O3/c1-24-17-10-16(21-6-2-3-7-21)15(19)9-14(17)18(23)20-13-5-4-12(8-13)11-22/h2-7,9-10,12-13,22H,8,11H2,1H3,(H,20,23)/t12-,13+/m0/s1. The number of hydrogen-bond acceptors (Lipinski definition) is 3. The van der Waals surface area contributed by atoms with Crippen LogP contribution < -0.4 is 10.1 Å². The molecule has 3 rings (SSSR count). The summed E-state index contributed by atoms with van der Waals surface area (Å²) >= 11 is 6.35. The first kappa shape index (κ1) is 16.6. The average molecular weight is 347 g/mol. The summed E-state index contributed by atoms with van der Waals surface area (Å²) in [7, 11) is 1.52. The summed E-state index contributed by atoms with van der Waals surface area (Å²) < 4.78 is 7.24. The van der Waals surface area contributed by atoms with Gasteiger partial charge in [-0.2, -0.15) is 0 Å². The molecular formula is C18H19ClN2O3. The molecule has 1 heterocycles. The fourth-order valence-corrected chi connectivity index (χ4v) is 3.11. The molecule has 2 atom stereocenters. The quantitative estimate of drug-likeness (QED) is 0.818. The number of ether oxygens (including phenoxy) is 1. The van der Waals surface area contributed by atoms with Gasteiger partial charge in [0.15, 0.2) is 0 Å². The molecule has 0 saturated carbocycles. The van der Waals surface area contributed by atoms with Crippen LogP contribution in [0.3, 0.4) is 0 Å². The van der Waals surface area contributed by atoms with Gasteiger partial charge in [0.05, 0.1) is 23.4 Å². The fourth-order valence-electron chi connectivity index (χ4n) is 2.85. The zero-order valence-corrected chi connectivity index (χ0v) is 14.0. The van der Waals surface area contributed by atoms with Crippen LogP contribution in [0.2, 0.25) is 5.02 Å². The van der Waals surface area contributed by atoms with E-state index >= 15 is 0 Å². The summed E-state index contributed by atoms with van der Waals surface area (Å²) in [5, 5.41) is 12.6. The number of rotatable bonds is 5. The van der Waals surface area contributed by atoms with Crippen LogP contribution in [0.5, 0.6) is 5.75 Å².